The normalized spacial score (nSPS) is 29.3. The minimum atomic E-state index is 0.441. The molecule has 1 saturated heterocycles. The van der Waals surface area contributed by atoms with Crippen molar-refractivity contribution in [3.8, 4) is 0 Å². The Bertz CT molecular complexity index is 551. The molecule has 1 fully saturated rings. The Kier molecular flexibility index (Phi) is 3.83. The van der Waals surface area contributed by atoms with Crippen molar-refractivity contribution in [3.05, 3.63) is 60.0 Å². The summed E-state index contributed by atoms with van der Waals surface area (Å²) in [6, 6.07) is 5.36. The van der Waals surface area contributed by atoms with Crippen molar-refractivity contribution in [1.29, 1.82) is 0 Å². The second-order valence-corrected chi connectivity index (χ2v) is 5.60. The number of allylic oxidation sites excluding steroid dienone is 4. The summed E-state index contributed by atoms with van der Waals surface area (Å²) in [7, 11) is 0. The monoisotopic (exact) mass is 266 g/mol. The highest BCUT2D eigenvalue weighted by Gasteiger charge is 2.32. The van der Waals surface area contributed by atoms with Gasteiger partial charge in [-0.25, -0.2) is 0 Å². The van der Waals surface area contributed by atoms with Gasteiger partial charge in [-0.2, -0.15) is 0 Å². The second kappa shape index (κ2) is 5.76. The lowest BCUT2D eigenvalue weighted by Gasteiger charge is -2.39. The summed E-state index contributed by atoms with van der Waals surface area (Å²) in [4.78, 5) is 4.64. The number of aromatic nitrogens is 1. The third-order valence-electron chi connectivity index (χ3n) is 4.32. The molecule has 3 heterocycles. The van der Waals surface area contributed by atoms with E-state index in [1.54, 1.807) is 0 Å². The number of rotatable bonds is 3. The Balaban J connectivity index is 1.82. The lowest BCUT2D eigenvalue weighted by atomic mass is 9.79. The van der Waals surface area contributed by atoms with Crippen molar-refractivity contribution in [2.45, 2.75) is 38.8 Å². The molecule has 2 bridgehead atoms. The summed E-state index contributed by atoms with van der Waals surface area (Å²) in [5, 5.41) is 3.70. The summed E-state index contributed by atoms with van der Waals surface area (Å²) >= 11 is 0. The van der Waals surface area contributed by atoms with E-state index in [9.17, 15) is 0 Å². The van der Waals surface area contributed by atoms with Crippen molar-refractivity contribution in [3.63, 3.8) is 0 Å². The third kappa shape index (κ3) is 2.48. The zero-order chi connectivity index (χ0) is 13.9. The van der Waals surface area contributed by atoms with E-state index in [4.69, 9.17) is 0 Å². The van der Waals surface area contributed by atoms with E-state index < -0.39 is 0 Å². The summed E-state index contributed by atoms with van der Waals surface area (Å²) in [6.45, 7) is 4.09. The van der Waals surface area contributed by atoms with Crippen LogP contribution in [0.2, 0.25) is 0 Å². The second-order valence-electron chi connectivity index (χ2n) is 5.60. The smallest absolute Gasteiger partial charge is 0.0698 e. The summed E-state index contributed by atoms with van der Waals surface area (Å²) < 4.78 is 0. The molecule has 1 aliphatic carbocycles. The van der Waals surface area contributed by atoms with Crippen LogP contribution < -0.4 is 5.32 Å². The van der Waals surface area contributed by atoms with Crippen molar-refractivity contribution in [1.82, 2.24) is 10.3 Å². The van der Waals surface area contributed by atoms with Gasteiger partial charge in [0, 0.05) is 18.3 Å². The van der Waals surface area contributed by atoms with Crippen molar-refractivity contribution in [2.24, 2.45) is 5.92 Å². The van der Waals surface area contributed by atoms with Gasteiger partial charge >= 0.3 is 0 Å². The zero-order valence-corrected chi connectivity index (χ0v) is 12.2. The fourth-order valence-corrected chi connectivity index (χ4v) is 3.22. The van der Waals surface area contributed by atoms with Crippen LogP contribution >= 0.6 is 0 Å². The van der Waals surface area contributed by atoms with Gasteiger partial charge in [0.2, 0.25) is 0 Å². The SMILES string of the molecule is C/C=C\C(=C/C)c1ccc(C2NC3C=CC2CC3)cn1. The maximum absolute atomic E-state index is 4.64. The third-order valence-corrected chi connectivity index (χ3v) is 4.32. The first-order chi connectivity index (χ1) is 9.81. The molecule has 4 rings (SSSR count). The first kappa shape index (κ1) is 13.3. The molecule has 2 heteroatoms. The largest absolute Gasteiger partial charge is 0.303 e. The quantitative estimate of drug-likeness (QED) is 0.659. The average molecular weight is 266 g/mol. The van der Waals surface area contributed by atoms with E-state index in [0.29, 0.717) is 18.0 Å². The fourth-order valence-electron chi connectivity index (χ4n) is 3.22. The van der Waals surface area contributed by atoms with Gasteiger partial charge in [0.05, 0.1) is 5.69 Å². The van der Waals surface area contributed by atoms with E-state index in [-0.39, 0.29) is 0 Å². The molecule has 3 aliphatic rings. The predicted octanol–water partition coefficient (Wildman–Crippen LogP) is 4.04. The maximum atomic E-state index is 4.64. The highest BCUT2D eigenvalue weighted by atomic mass is 15.0. The number of piperidine rings is 1. The Morgan fingerprint density at radius 3 is 2.65 bits per heavy atom. The number of hydrogen-bond acceptors (Lipinski definition) is 2. The van der Waals surface area contributed by atoms with Gasteiger partial charge in [-0.1, -0.05) is 36.4 Å². The highest BCUT2D eigenvalue weighted by molar-refractivity contribution is 5.71. The summed E-state index contributed by atoms with van der Waals surface area (Å²) in [5.41, 5.74) is 3.53. The van der Waals surface area contributed by atoms with Crippen molar-refractivity contribution >= 4 is 5.57 Å². The minimum Gasteiger partial charge on any atom is -0.303 e. The molecule has 1 aromatic heterocycles. The van der Waals surface area contributed by atoms with Crippen molar-refractivity contribution in [2.75, 3.05) is 0 Å². The Hall–Kier alpha value is -1.67. The fraction of sp³-hybridized carbons (Fsp3) is 0.389. The van der Waals surface area contributed by atoms with Crippen LogP contribution in [0.4, 0.5) is 0 Å². The Labute approximate surface area is 121 Å². The number of nitrogens with zero attached hydrogens (tertiary/aromatic N) is 1. The van der Waals surface area contributed by atoms with Gasteiger partial charge < -0.3 is 5.32 Å². The van der Waals surface area contributed by atoms with Crippen LogP contribution in [0.1, 0.15) is 44.0 Å². The van der Waals surface area contributed by atoms with Gasteiger partial charge in [0.25, 0.3) is 0 Å². The minimum absolute atomic E-state index is 0.441. The average Bonchev–Trinajstić information content (AvgIpc) is 2.54. The maximum Gasteiger partial charge on any atom is 0.0698 e. The van der Waals surface area contributed by atoms with Crippen LogP contribution in [0.3, 0.4) is 0 Å². The van der Waals surface area contributed by atoms with E-state index in [1.807, 2.05) is 13.1 Å². The molecule has 0 spiro atoms. The lowest BCUT2D eigenvalue weighted by Crippen LogP contribution is -2.43. The molecule has 0 aromatic carbocycles. The van der Waals surface area contributed by atoms with Gasteiger partial charge in [-0.15, -0.1) is 0 Å². The first-order valence-corrected chi connectivity index (χ1v) is 7.51. The van der Waals surface area contributed by atoms with Crippen LogP contribution in [0, 0.1) is 5.92 Å². The molecular formula is C18H22N2. The summed E-state index contributed by atoms with van der Waals surface area (Å²) in [6.07, 6.45) is 15.5. The van der Waals surface area contributed by atoms with E-state index in [1.165, 1.54) is 24.0 Å². The molecule has 0 amide bonds. The Morgan fingerprint density at radius 2 is 2.15 bits per heavy atom. The number of pyridine rings is 1. The standard InChI is InChI=1S/C18H22N2/c1-3-5-13(4-2)17-11-8-15(12-19-17)18-14-6-9-16(20-18)10-7-14/h3-6,8-9,11-12,14,16,18,20H,7,10H2,1-2H3/b5-3-,13-4+. The highest BCUT2D eigenvalue weighted by Crippen LogP contribution is 2.36. The van der Waals surface area contributed by atoms with Crippen LogP contribution in [-0.2, 0) is 0 Å². The van der Waals surface area contributed by atoms with Crippen molar-refractivity contribution < 1.29 is 0 Å². The molecule has 2 aliphatic heterocycles. The van der Waals surface area contributed by atoms with E-state index >= 15 is 0 Å². The molecule has 0 saturated carbocycles. The van der Waals surface area contributed by atoms with Crippen LogP contribution in [0.25, 0.3) is 5.57 Å². The lowest BCUT2D eigenvalue weighted by molar-refractivity contribution is 0.275. The Morgan fingerprint density at radius 1 is 1.25 bits per heavy atom. The topological polar surface area (TPSA) is 24.9 Å². The van der Waals surface area contributed by atoms with Gasteiger partial charge in [0.15, 0.2) is 0 Å². The zero-order valence-electron chi connectivity index (χ0n) is 12.2. The van der Waals surface area contributed by atoms with Gasteiger partial charge in [0.1, 0.15) is 0 Å². The van der Waals surface area contributed by atoms with Gasteiger partial charge in [-0.05, 0) is 49.8 Å². The van der Waals surface area contributed by atoms with Crippen LogP contribution in [0.5, 0.6) is 0 Å². The molecule has 20 heavy (non-hydrogen) atoms. The number of hydrogen-bond donors (Lipinski definition) is 1. The summed E-state index contributed by atoms with van der Waals surface area (Å²) in [5.74, 6) is 0.629. The van der Waals surface area contributed by atoms with Crippen LogP contribution in [0.15, 0.2) is 48.7 Å². The number of fused-ring (bicyclic) bond motifs is 2. The molecule has 2 nitrogen and oxygen atoms in total. The molecule has 3 atom stereocenters. The van der Waals surface area contributed by atoms with Gasteiger partial charge in [-0.3, -0.25) is 4.98 Å². The van der Waals surface area contributed by atoms with E-state index in [0.717, 1.165) is 5.69 Å². The molecule has 3 unspecified atom stereocenters. The molecule has 1 N–H and O–H groups in total. The van der Waals surface area contributed by atoms with Crippen LogP contribution in [-0.4, -0.2) is 11.0 Å². The molecule has 104 valence electrons. The molecule has 1 aromatic rings. The first-order valence-electron chi connectivity index (χ1n) is 7.51. The molecular weight excluding hydrogens is 244 g/mol. The van der Waals surface area contributed by atoms with E-state index in [2.05, 4.69) is 59.7 Å². The predicted molar refractivity (Wildman–Crippen MR) is 84.2 cm³/mol. The molecule has 0 radical (unpaired) electrons. The number of nitrogens with one attached hydrogen (secondary N) is 1.